The van der Waals surface area contributed by atoms with Crippen molar-refractivity contribution in [3.8, 4) is 0 Å². The Kier molecular flexibility index (Phi) is 71.5. The van der Waals surface area contributed by atoms with Crippen molar-refractivity contribution in [2.45, 2.75) is 453 Å². The molecule has 0 aliphatic carbocycles. The van der Waals surface area contributed by atoms with Gasteiger partial charge in [0.15, 0.2) is 12.2 Å². The number of carbonyl (C=O) groups excluding carboxylic acids is 4. The van der Waals surface area contributed by atoms with Crippen LogP contribution in [0.1, 0.15) is 434 Å². The van der Waals surface area contributed by atoms with Crippen LogP contribution in [0.5, 0.6) is 0 Å². The van der Waals surface area contributed by atoms with Crippen molar-refractivity contribution in [2.24, 2.45) is 23.7 Å². The summed E-state index contributed by atoms with van der Waals surface area (Å²) in [4.78, 5) is 73.1. The third kappa shape index (κ3) is 78.0. The maximum absolute atomic E-state index is 13.1. The average Bonchev–Trinajstić information content (AvgIpc) is 1.67. The van der Waals surface area contributed by atoms with Gasteiger partial charge in [0.2, 0.25) is 0 Å². The van der Waals surface area contributed by atoms with Gasteiger partial charge >= 0.3 is 39.5 Å². The molecule has 0 aliphatic rings. The number of unbranched alkanes of at least 4 members (excludes halogenated alkanes) is 47. The summed E-state index contributed by atoms with van der Waals surface area (Å²) in [6, 6.07) is 0. The second-order valence-electron chi connectivity index (χ2n) is 32.1. The Hall–Kier alpha value is -1.94. The molecule has 0 aromatic heterocycles. The van der Waals surface area contributed by atoms with Crippen molar-refractivity contribution in [3.05, 3.63) is 0 Å². The molecule has 0 heterocycles. The van der Waals surface area contributed by atoms with E-state index in [1.165, 1.54) is 231 Å². The lowest BCUT2D eigenvalue weighted by atomic mass is 10.0. The van der Waals surface area contributed by atoms with Crippen LogP contribution in [-0.4, -0.2) is 96.7 Å². The average molecular weight is 1510 g/mol. The van der Waals surface area contributed by atoms with Gasteiger partial charge in [0.25, 0.3) is 0 Å². The predicted octanol–water partition coefficient (Wildman–Crippen LogP) is 25.2. The molecule has 0 aromatic rings. The number of carbonyl (C=O) groups is 4. The molecule has 0 aliphatic heterocycles. The van der Waals surface area contributed by atoms with Gasteiger partial charge < -0.3 is 33.8 Å². The molecule has 0 radical (unpaired) electrons. The summed E-state index contributed by atoms with van der Waals surface area (Å²) >= 11 is 0. The van der Waals surface area contributed by atoms with Crippen LogP contribution in [0.3, 0.4) is 0 Å². The molecule has 0 saturated heterocycles. The van der Waals surface area contributed by atoms with Crippen LogP contribution >= 0.6 is 15.6 Å². The van der Waals surface area contributed by atoms with Crippen molar-refractivity contribution in [1.29, 1.82) is 0 Å². The smallest absolute Gasteiger partial charge is 0.462 e. The first-order valence-corrected chi connectivity index (χ1v) is 46.2. The number of phosphoric ester groups is 2. The molecule has 0 saturated carbocycles. The fraction of sp³-hybridized carbons (Fsp3) is 0.952. The molecule has 5 atom stereocenters. The third-order valence-corrected chi connectivity index (χ3v) is 21.5. The topological polar surface area (TPSA) is 237 Å². The van der Waals surface area contributed by atoms with Crippen LogP contribution in [0.2, 0.25) is 0 Å². The lowest BCUT2D eigenvalue weighted by molar-refractivity contribution is -0.161. The Morgan fingerprint density at radius 1 is 0.243 bits per heavy atom. The summed E-state index contributed by atoms with van der Waals surface area (Å²) in [6.07, 6.45) is 61.2. The Morgan fingerprint density at radius 2 is 0.408 bits per heavy atom. The van der Waals surface area contributed by atoms with Crippen LogP contribution < -0.4 is 0 Å². The van der Waals surface area contributed by atoms with Crippen molar-refractivity contribution in [2.75, 3.05) is 39.6 Å². The number of aliphatic hydroxyl groups excluding tert-OH is 1. The van der Waals surface area contributed by atoms with Crippen molar-refractivity contribution < 1.29 is 80.2 Å². The number of phosphoric acid groups is 2. The van der Waals surface area contributed by atoms with Gasteiger partial charge in [-0.05, 0) is 49.4 Å². The van der Waals surface area contributed by atoms with Crippen LogP contribution in [0.15, 0.2) is 0 Å². The Balaban J connectivity index is 5.21. The van der Waals surface area contributed by atoms with E-state index in [-0.39, 0.29) is 25.7 Å². The highest BCUT2D eigenvalue weighted by Crippen LogP contribution is 2.45. The highest BCUT2D eigenvalue weighted by Gasteiger charge is 2.30. The summed E-state index contributed by atoms with van der Waals surface area (Å²) in [7, 11) is -9.93. The van der Waals surface area contributed by atoms with Crippen LogP contribution in [0.4, 0.5) is 0 Å². The molecule has 0 aromatic carbocycles. The molecule has 0 fully saturated rings. The van der Waals surface area contributed by atoms with Gasteiger partial charge in [-0.25, -0.2) is 9.13 Å². The van der Waals surface area contributed by atoms with E-state index in [9.17, 15) is 43.2 Å². The number of aliphatic hydroxyl groups is 1. The lowest BCUT2D eigenvalue weighted by Crippen LogP contribution is -2.30. The molecule has 19 heteroatoms. The minimum absolute atomic E-state index is 0.107. The molecule has 3 unspecified atom stereocenters. The molecule has 0 spiro atoms. The number of hydrogen-bond acceptors (Lipinski definition) is 15. The first kappa shape index (κ1) is 101. The molecule has 17 nitrogen and oxygen atoms in total. The van der Waals surface area contributed by atoms with E-state index in [1.54, 1.807) is 0 Å². The fourth-order valence-corrected chi connectivity index (χ4v) is 14.5. The highest BCUT2D eigenvalue weighted by atomic mass is 31.2. The molecule has 0 rings (SSSR count). The molecule has 3 N–H and O–H groups in total. The maximum Gasteiger partial charge on any atom is 0.472 e. The predicted molar refractivity (Wildman–Crippen MR) is 423 cm³/mol. The minimum atomic E-state index is -4.96. The normalized spacial score (nSPS) is 14.0. The molecule has 0 bridgehead atoms. The second kappa shape index (κ2) is 72.9. The van der Waals surface area contributed by atoms with Gasteiger partial charge in [0.05, 0.1) is 26.4 Å². The van der Waals surface area contributed by atoms with E-state index in [4.69, 9.17) is 37.0 Å². The Bertz CT molecular complexity index is 2010. The second-order valence-corrected chi connectivity index (χ2v) is 35.0. The fourth-order valence-electron chi connectivity index (χ4n) is 13.0. The quantitative estimate of drug-likeness (QED) is 0.0222. The van der Waals surface area contributed by atoms with Gasteiger partial charge in [-0.3, -0.25) is 37.3 Å². The largest absolute Gasteiger partial charge is 0.472 e. The molecular weight excluding hydrogens is 1340 g/mol. The highest BCUT2D eigenvalue weighted by molar-refractivity contribution is 7.47. The van der Waals surface area contributed by atoms with Crippen LogP contribution in [0, 0.1) is 23.7 Å². The first-order chi connectivity index (χ1) is 49.6. The maximum atomic E-state index is 13.1. The standard InChI is InChI=1S/C84H164O17P2/c1-74(2)60-52-44-36-30-24-18-13-9-11-15-21-28-34-40-50-58-66-83(88)100-79(70-94-81(86)64-56-48-39-33-27-23-17-20-26-32-38-46-54-62-76(5)6)72-98-102(90,91)96-68-78(85)69-97-103(92,93)99-73-80(71-95-82(87)65-57-49-43-42-47-55-63-77(7)8)101-84(89)67-59-51-41-35-29-22-16-12-10-14-19-25-31-37-45-53-61-75(3)4/h74-80,85H,9-73H2,1-8H3,(H,90,91)(H,92,93)/t78?,79-,80-/m1/s1. The molecular formula is C84H164O17P2. The van der Waals surface area contributed by atoms with Gasteiger partial charge in [-0.1, -0.05) is 383 Å². The number of esters is 4. The van der Waals surface area contributed by atoms with Crippen molar-refractivity contribution >= 4 is 39.5 Å². The van der Waals surface area contributed by atoms with E-state index in [2.05, 4.69) is 55.4 Å². The van der Waals surface area contributed by atoms with Gasteiger partial charge in [-0.15, -0.1) is 0 Å². The number of ether oxygens (including phenoxy) is 4. The third-order valence-electron chi connectivity index (χ3n) is 19.6. The summed E-state index contributed by atoms with van der Waals surface area (Å²) in [5, 5.41) is 10.7. The molecule has 103 heavy (non-hydrogen) atoms. The van der Waals surface area contributed by atoms with E-state index >= 15 is 0 Å². The lowest BCUT2D eigenvalue weighted by Gasteiger charge is -2.21. The molecule has 0 amide bonds. The SMILES string of the molecule is CC(C)CCCCCCCCCCCCCCCCCCC(=O)O[C@H](COC(=O)CCCCCCCCCCCCCCCC(C)C)COP(=O)(O)OCC(O)COP(=O)(O)OC[C@@H](COC(=O)CCCCCCCCC(C)C)OC(=O)CCCCCCCCCCCCCCCCCCC(C)C. The van der Waals surface area contributed by atoms with Crippen LogP contribution in [-0.2, 0) is 65.4 Å². The summed E-state index contributed by atoms with van der Waals surface area (Å²) in [5.74, 6) is 0.977. The van der Waals surface area contributed by atoms with E-state index < -0.39 is 97.5 Å². The van der Waals surface area contributed by atoms with E-state index in [0.717, 1.165) is 114 Å². The zero-order valence-electron chi connectivity index (χ0n) is 68.0. The zero-order chi connectivity index (χ0) is 76.0. The summed E-state index contributed by atoms with van der Waals surface area (Å²) < 4.78 is 68.8. The number of hydrogen-bond donors (Lipinski definition) is 3. The molecule has 612 valence electrons. The van der Waals surface area contributed by atoms with E-state index in [0.29, 0.717) is 31.6 Å². The van der Waals surface area contributed by atoms with Gasteiger partial charge in [0.1, 0.15) is 19.3 Å². The summed E-state index contributed by atoms with van der Waals surface area (Å²) in [5.41, 5.74) is 0. The van der Waals surface area contributed by atoms with Crippen molar-refractivity contribution in [3.63, 3.8) is 0 Å². The first-order valence-electron chi connectivity index (χ1n) is 43.2. The van der Waals surface area contributed by atoms with E-state index in [1.807, 2.05) is 0 Å². The number of rotatable bonds is 81. The van der Waals surface area contributed by atoms with Crippen LogP contribution in [0.25, 0.3) is 0 Å². The van der Waals surface area contributed by atoms with Crippen molar-refractivity contribution in [1.82, 2.24) is 0 Å². The van der Waals surface area contributed by atoms with Gasteiger partial charge in [0, 0.05) is 25.7 Å². The van der Waals surface area contributed by atoms with Gasteiger partial charge in [-0.2, -0.15) is 0 Å². The Morgan fingerprint density at radius 3 is 0.602 bits per heavy atom. The Labute approximate surface area is 632 Å². The zero-order valence-corrected chi connectivity index (χ0v) is 69.7. The summed E-state index contributed by atoms with van der Waals surface area (Å²) in [6.45, 7) is 14.3. The monoisotopic (exact) mass is 1510 g/mol. The minimum Gasteiger partial charge on any atom is -0.462 e.